The quantitative estimate of drug-likeness (QED) is 0.198. The van der Waals surface area contributed by atoms with Crippen molar-refractivity contribution in [1.82, 2.24) is 20.6 Å². The minimum absolute atomic E-state index is 0.0103. The summed E-state index contributed by atoms with van der Waals surface area (Å²) in [6.07, 6.45) is 1.53. The van der Waals surface area contributed by atoms with E-state index in [4.69, 9.17) is 9.57 Å². The fraction of sp³-hybridized carbons (Fsp3) is 0.659. The molecule has 55 heavy (non-hydrogen) atoms. The molecule has 0 unspecified atom stereocenters. The Balaban J connectivity index is 1.48. The Morgan fingerprint density at radius 3 is 2.40 bits per heavy atom. The Morgan fingerprint density at radius 1 is 1.13 bits per heavy atom. The number of aliphatic hydroxyl groups excluding tert-OH is 2. The van der Waals surface area contributed by atoms with Gasteiger partial charge in [0.25, 0.3) is 5.91 Å². The van der Waals surface area contributed by atoms with E-state index in [1.165, 1.54) is 6.42 Å². The molecule has 3 saturated carbocycles. The van der Waals surface area contributed by atoms with E-state index in [2.05, 4.69) is 31.4 Å². The van der Waals surface area contributed by atoms with Gasteiger partial charge >= 0.3 is 0 Å². The third kappa shape index (κ3) is 9.48. The van der Waals surface area contributed by atoms with E-state index in [9.17, 15) is 28.2 Å². The van der Waals surface area contributed by atoms with Gasteiger partial charge in [0.15, 0.2) is 0 Å². The molecule has 2 bridgehead atoms. The average molecular weight is 786 g/mol. The number of hydrogen-bond donors (Lipinski definition) is 4. The molecule has 0 radical (unpaired) electrons. The summed E-state index contributed by atoms with van der Waals surface area (Å²) >= 11 is 0. The van der Waals surface area contributed by atoms with Crippen molar-refractivity contribution < 1.29 is 37.8 Å². The first-order chi connectivity index (χ1) is 25.7. The van der Waals surface area contributed by atoms with E-state index >= 15 is 0 Å². The molecular formula is C41H63N5O8S. The summed E-state index contributed by atoms with van der Waals surface area (Å²) in [6.45, 7) is 10.8. The molecule has 1 aliphatic heterocycles. The fourth-order valence-corrected chi connectivity index (χ4v) is 10.2. The largest absolute Gasteiger partial charge is 0.493 e. The summed E-state index contributed by atoms with van der Waals surface area (Å²) in [5, 5.41) is 29.2. The second kappa shape index (κ2) is 17.1. The molecule has 13 nitrogen and oxygen atoms in total. The zero-order valence-corrected chi connectivity index (χ0v) is 35.0. The summed E-state index contributed by atoms with van der Waals surface area (Å²) in [7, 11) is 4.04. The van der Waals surface area contributed by atoms with Crippen molar-refractivity contribution in [3.63, 3.8) is 0 Å². The average Bonchev–Trinajstić information content (AvgIpc) is 3.47. The summed E-state index contributed by atoms with van der Waals surface area (Å²) in [6, 6.07) is 9.69. The highest BCUT2D eigenvalue weighted by Crippen LogP contribution is 2.61. The molecular weight excluding hydrogens is 723 g/mol. The summed E-state index contributed by atoms with van der Waals surface area (Å²) in [4.78, 5) is 38.1. The van der Waals surface area contributed by atoms with E-state index in [1.807, 2.05) is 69.2 Å². The van der Waals surface area contributed by atoms with Gasteiger partial charge in [-0.2, -0.15) is 5.06 Å². The molecule has 0 spiro atoms. The predicted molar refractivity (Wildman–Crippen MR) is 214 cm³/mol. The van der Waals surface area contributed by atoms with Gasteiger partial charge in [-0.15, -0.1) is 0 Å². The minimum atomic E-state index is -3.37. The Kier molecular flexibility index (Phi) is 13.3. The normalized spacial score (nSPS) is 27.3. The molecule has 9 atom stereocenters. The van der Waals surface area contributed by atoms with Gasteiger partial charge in [0.1, 0.15) is 27.7 Å². The Bertz CT molecular complexity index is 1800. The second-order valence-corrected chi connectivity index (χ2v) is 19.3. The number of nitrogens with one attached hydrogen (secondary N) is 2. The molecule has 6 rings (SSSR count). The first kappa shape index (κ1) is 42.9. The molecule has 4 aliphatic rings. The number of ether oxygens (including phenoxy) is 1. The third-order valence-corrected chi connectivity index (χ3v) is 13.2. The molecule has 306 valence electrons. The topological polar surface area (TPSA) is 161 Å². The molecule has 14 heteroatoms. The Hall–Kier alpha value is -3.27. The van der Waals surface area contributed by atoms with E-state index in [1.54, 1.807) is 24.1 Å². The molecule has 2 aromatic carbocycles. The first-order valence-corrected chi connectivity index (χ1v) is 21.5. The number of anilines is 1. The van der Waals surface area contributed by atoms with Crippen LogP contribution in [0.2, 0.25) is 0 Å². The lowest BCUT2D eigenvalue weighted by molar-refractivity contribution is -0.183. The monoisotopic (exact) mass is 785 g/mol. The number of amides is 2. The zero-order valence-electron chi connectivity index (χ0n) is 34.2. The number of nitrogens with zero attached hydrogens (tertiary/aromatic N) is 3. The number of likely N-dealkylation sites (N-methyl/N-ethyl adjacent to an activating group) is 1. The molecule has 3 aliphatic carbocycles. The minimum Gasteiger partial charge on any atom is -0.493 e. The van der Waals surface area contributed by atoms with Crippen LogP contribution in [-0.2, 0) is 26.0 Å². The lowest BCUT2D eigenvalue weighted by Gasteiger charge is -2.62. The van der Waals surface area contributed by atoms with Crippen LogP contribution in [0.15, 0.2) is 36.4 Å². The Morgan fingerprint density at radius 2 is 1.84 bits per heavy atom. The van der Waals surface area contributed by atoms with Gasteiger partial charge in [-0.05, 0) is 87.7 Å². The molecule has 0 aromatic heterocycles. The first-order valence-electron chi connectivity index (χ1n) is 19.5. The maximum absolute atomic E-state index is 14.3. The van der Waals surface area contributed by atoms with Crippen molar-refractivity contribution in [3.05, 3.63) is 47.5 Å². The van der Waals surface area contributed by atoms with Gasteiger partial charge in [-0.25, -0.2) is 8.42 Å². The lowest BCUT2D eigenvalue weighted by atomic mass is 9.45. The van der Waals surface area contributed by atoms with Gasteiger partial charge in [0, 0.05) is 61.2 Å². The number of carbonyl (C=O) groups is 2. The number of hydrogen-bond acceptors (Lipinski definition) is 11. The number of aliphatic hydroxyl groups is 2. The standard InChI is InChI=1S/C41H63N5O8S/c1-11-53-38-26(20-46-37(36(25(3)48)35(22-47)54-46)40(50)43-34-19-29-18-33(24(34)2)41(29,4)5)13-12-14-32(38)27-15-28(17-31(16-27)45(8)9)39(49)42-30(21-44(6)7)23-55(10,51)52/h12-17,24-25,29-30,33-37,47-48H,11,18-23H2,1-10H3,(H,42,49)(H,43,50)/t24-,25-,29-,30+,33+,34-,35-,36+,37-/m0/s1. The van der Waals surface area contributed by atoms with Crippen molar-refractivity contribution >= 4 is 27.3 Å². The molecule has 4 N–H and O–H groups in total. The van der Waals surface area contributed by atoms with Crippen LogP contribution >= 0.6 is 0 Å². The highest BCUT2D eigenvalue weighted by Gasteiger charge is 2.57. The second-order valence-electron chi connectivity index (χ2n) is 17.1. The zero-order chi connectivity index (χ0) is 40.6. The maximum Gasteiger partial charge on any atom is 0.251 e. The van der Waals surface area contributed by atoms with Gasteiger partial charge in [0.2, 0.25) is 5.91 Å². The number of benzene rings is 2. The SMILES string of the molecule is CCOc1c(CN2O[C@@H](CO)[C@@H]([C@H](C)O)[C@H]2C(=O)N[C@H]2C[C@@H]3C[C@H]([C@@H]2C)C3(C)C)cccc1-c1cc(C(=O)N[C@H](CN(C)C)CS(C)(=O)=O)cc(N(C)C)c1. The van der Waals surface area contributed by atoms with Crippen LogP contribution < -0.4 is 20.3 Å². The molecule has 1 heterocycles. The van der Waals surface area contributed by atoms with Crippen LogP contribution in [-0.4, -0.2) is 131 Å². The predicted octanol–water partition coefficient (Wildman–Crippen LogP) is 3.18. The Labute approximate surface area is 327 Å². The molecule has 2 amide bonds. The van der Waals surface area contributed by atoms with Crippen molar-refractivity contribution in [2.24, 2.45) is 29.1 Å². The van der Waals surface area contributed by atoms with Crippen molar-refractivity contribution in [2.45, 2.75) is 84.3 Å². The number of rotatable bonds is 16. The van der Waals surface area contributed by atoms with Crippen molar-refractivity contribution in [2.75, 3.05) is 64.9 Å². The third-order valence-electron chi connectivity index (χ3n) is 12.2. The number of hydroxylamine groups is 2. The maximum atomic E-state index is 14.3. The molecule has 2 aromatic rings. The smallest absolute Gasteiger partial charge is 0.251 e. The van der Waals surface area contributed by atoms with Crippen LogP contribution in [0.3, 0.4) is 0 Å². The molecule has 4 fully saturated rings. The van der Waals surface area contributed by atoms with Gasteiger partial charge in [-0.1, -0.05) is 39.0 Å². The van der Waals surface area contributed by atoms with Crippen LogP contribution in [0.5, 0.6) is 5.75 Å². The highest BCUT2D eigenvalue weighted by molar-refractivity contribution is 7.90. The van der Waals surface area contributed by atoms with Crippen LogP contribution in [0.1, 0.15) is 63.4 Å². The summed E-state index contributed by atoms with van der Waals surface area (Å²) < 4.78 is 30.7. The van der Waals surface area contributed by atoms with E-state index in [0.717, 1.165) is 23.9 Å². The number of carbonyl (C=O) groups excluding carboxylic acids is 2. The molecule has 1 saturated heterocycles. The van der Waals surface area contributed by atoms with E-state index in [-0.39, 0.29) is 36.3 Å². The fourth-order valence-electron chi connectivity index (χ4n) is 9.27. The highest BCUT2D eigenvalue weighted by atomic mass is 32.2. The lowest BCUT2D eigenvalue weighted by Crippen LogP contribution is -2.62. The van der Waals surface area contributed by atoms with Crippen molar-refractivity contribution in [1.29, 1.82) is 0 Å². The van der Waals surface area contributed by atoms with Crippen molar-refractivity contribution in [3.8, 4) is 16.9 Å². The van der Waals surface area contributed by atoms with Gasteiger partial charge < -0.3 is 35.4 Å². The van der Waals surface area contributed by atoms with E-state index in [0.29, 0.717) is 53.3 Å². The van der Waals surface area contributed by atoms with Gasteiger partial charge in [-0.3, -0.25) is 14.4 Å². The van der Waals surface area contributed by atoms with Crippen LogP contribution in [0.4, 0.5) is 5.69 Å². The summed E-state index contributed by atoms with van der Waals surface area (Å²) in [5.41, 5.74) is 3.50. The number of para-hydroxylation sites is 1. The van der Waals surface area contributed by atoms with Crippen LogP contribution in [0.25, 0.3) is 11.1 Å². The van der Waals surface area contributed by atoms with Crippen LogP contribution in [0, 0.1) is 29.1 Å². The number of sulfone groups is 1. The number of fused-ring (bicyclic) bond motifs is 2. The van der Waals surface area contributed by atoms with E-state index < -0.39 is 46.0 Å². The summed E-state index contributed by atoms with van der Waals surface area (Å²) in [5.74, 6) is 0.429. The van der Waals surface area contributed by atoms with Gasteiger partial charge in [0.05, 0.1) is 37.7 Å².